The number of nitro groups is 1. The standard InChI is InChI=1S/C30H35FN4O6S/c1-21-11-16-25(35(38)39)18-26(21)34(42(5,40)41)20-28(36)33(19-23-12-14-24(31)15-13-23)27(29(37)32-30(2,3)4)17-22-9-7-6-8-10-22/h6-16,18,27H,17,19-20H2,1-5H3,(H,32,37)/t27-/m0/s1. The first-order chi connectivity index (χ1) is 19.5. The van der Waals surface area contributed by atoms with Gasteiger partial charge < -0.3 is 10.2 Å². The maximum absolute atomic E-state index is 14.1. The van der Waals surface area contributed by atoms with Crippen molar-refractivity contribution >= 4 is 33.2 Å². The van der Waals surface area contributed by atoms with Gasteiger partial charge in [-0.05, 0) is 56.5 Å². The summed E-state index contributed by atoms with van der Waals surface area (Å²) in [6.07, 6.45) is 1.01. The Hall–Kier alpha value is -4.32. The fourth-order valence-electron chi connectivity index (χ4n) is 4.37. The fraction of sp³-hybridized carbons (Fsp3) is 0.333. The molecule has 0 saturated heterocycles. The van der Waals surface area contributed by atoms with Crippen molar-refractivity contribution in [2.75, 3.05) is 17.1 Å². The highest BCUT2D eigenvalue weighted by atomic mass is 32.2. The third kappa shape index (κ3) is 8.84. The molecule has 0 aromatic heterocycles. The highest BCUT2D eigenvalue weighted by Gasteiger charge is 2.35. The molecule has 42 heavy (non-hydrogen) atoms. The summed E-state index contributed by atoms with van der Waals surface area (Å²) in [6, 6.07) is 17.2. The molecule has 0 radical (unpaired) electrons. The first kappa shape index (κ1) is 32.2. The lowest BCUT2D eigenvalue weighted by Gasteiger charge is -2.35. The zero-order valence-corrected chi connectivity index (χ0v) is 25.0. The molecule has 3 aromatic rings. The van der Waals surface area contributed by atoms with Crippen LogP contribution in [0.3, 0.4) is 0 Å². The fourth-order valence-corrected chi connectivity index (χ4v) is 5.27. The Morgan fingerprint density at radius 2 is 1.62 bits per heavy atom. The molecule has 2 amide bonds. The van der Waals surface area contributed by atoms with Gasteiger partial charge in [0.05, 0.1) is 16.9 Å². The molecule has 0 unspecified atom stereocenters. The van der Waals surface area contributed by atoms with E-state index in [0.717, 1.165) is 22.2 Å². The molecule has 1 atom stereocenters. The summed E-state index contributed by atoms with van der Waals surface area (Å²) in [7, 11) is -4.11. The first-order valence-corrected chi connectivity index (χ1v) is 15.0. The van der Waals surface area contributed by atoms with Crippen LogP contribution in [-0.2, 0) is 32.6 Å². The van der Waals surface area contributed by atoms with Crippen molar-refractivity contribution < 1.29 is 27.3 Å². The SMILES string of the molecule is Cc1ccc([N+](=O)[O-])cc1N(CC(=O)N(Cc1ccc(F)cc1)[C@@H](Cc1ccccc1)C(=O)NC(C)(C)C)S(C)(=O)=O. The third-order valence-corrected chi connectivity index (χ3v) is 7.51. The van der Waals surface area contributed by atoms with Gasteiger partial charge in [0.25, 0.3) is 5.69 Å². The summed E-state index contributed by atoms with van der Waals surface area (Å²) >= 11 is 0. The summed E-state index contributed by atoms with van der Waals surface area (Å²) in [6.45, 7) is 6.12. The van der Waals surface area contributed by atoms with E-state index in [9.17, 15) is 32.5 Å². The molecular formula is C30H35FN4O6S. The molecule has 3 aromatic carbocycles. The Balaban J connectivity index is 2.12. The number of carbonyl (C=O) groups excluding carboxylic acids is 2. The van der Waals surface area contributed by atoms with Crippen LogP contribution in [0.1, 0.15) is 37.5 Å². The van der Waals surface area contributed by atoms with E-state index < -0.39 is 50.7 Å². The van der Waals surface area contributed by atoms with Crippen LogP contribution in [0.25, 0.3) is 0 Å². The van der Waals surface area contributed by atoms with Crippen molar-refractivity contribution in [3.63, 3.8) is 0 Å². The minimum Gasteiger partial charge on any atom is -0.350 e. The largest absolute Gasteiger partial charge is 0.350 e. The number of nitro benzene ring substituents is 1. The molecular weight excluding hydrogens is 563 g/mol. The van der Waals surface area contributed by atoms with Gasteiger partial charge >= 0.3 is 0 Å². The maximum atomic E-state index is 14.1. The van der Waals surface area contributed by atoms with E-state index in [0.29, 0.717) is 11.1 Å². The number of rotatable bonds is 11. The molecule has 224 valence electrons. The number of carbonyl (C=O) groups is 2. The Kier molecular flexibility index (Phi) is 10.1. The van der Waals surface area contributed by atoms with Crippen molar-refractivity contribution in [1.29, 1.82) is 0 Å². The molecule has 0 aliphatic carbocycles. The second-order valence-corrected chi connectivity index (χ2v) is 13.0. The number of nitrogens with one attached hydrogen (secondary N) is 1. The van der Waals surface area contributed by atoms with E-state index in [-0.39, 0.29) is 24.3 Å². The van der Waals surface area contributed by atoms with E-state index in [1.165, 1.54) is 41.3 Å². The summed E-state index contributed by atoms with van der Waals surface area (Å²) in [5.74, 6) is -1.66. The van der Waals surface area contributed by atoms with Crippen LogP contribution >= 0.6 is 0 Å². The first-order valence-electron chi connectivity index (χ1n) is 13.2. The van der Waals surface area contributed by atoms with Crippen LogP contribution in [0.5, 0.6) is 0 Å². The summed E-state index contributed by atoms with van der Waals surface area (Å²) in [4.78, 5) is 39.9. The van der Waals surface area contributed by atoms with Gasteiger partial charge in [-0.3, -0.25) is 24.0 Å². The zero-order chi connectivity index (χ0) is 31.2. The van der Waals surface area contributed by atoms with E-state index in [1.54, 1.807) is 39.8 Å². The molecule has 0 aliphatic heterocycles. The molecule has 0 saturated carbocycles. The number of non-ortho nitro benzene ring substituents is 1. The van der Waals surface area contributed by atoms with Crippen molar-refractivity contribution in [3.05, 3.63) is 105 Å². The zero-order valence-electron chi connectivity index (χ0n) is 24.2. The van der Waals surface area contributed by atoms with Crippen molar-refractivity contribution in [3.8, 4) is 0 Å². The lowest BCUT2D eigenvalue weighted by Crippen LogP contribution is -2.56. The van der Waals surface area contributed by atoms with Gasteiger partial charge in [0.2, 0.25) is 21.8 Å². The Morgan fingerprint density at radius 3 is 2.17 bits per heavy atom. The average molecular weight is 599 g/mol. The maximum Gasteiger partial charge on any atom is 0.271 e. The van der Waals surface area contributed by atoms with E-state index in [1.807, 2.05) is 18.2 Å². The second kappa shape index (κ2) is 13.1. The quantitative estimate of drug-likeness (QED) is 0.258. The highest BCUT2D eigenvalue weighted by Crippen LogP contribution is 2.28. The van der Waals surface area contributed by atoms with E-state index >= 15 is 0 Å². The number of sulfonamides is 1. The summed E-state index contributed by atoms with van der Waals surface area (Å²) in [5.41, 5.74) is 0.666. The van der Waals surface area contributed by atoms with Crippen molar-refractivity contribution in [2.45, 2.75) is 52.2 Å². The number of aryl methyl sites for hydroxylation is 1. The number of amides is 2. The van der Waals surface area contributed by atoms with Gasteiger partial charge in [-0.2, -0.15) is 0 Å². The molecule has 0 fully saturated rings. The minimum absolute atomic E-state index is 0.0273. The Labute approximate surface area is 245 Å². The van der Waals surface area contributed by atoms with Crippen LogP contribution in [0.2, 0.25) is 0 Å². The summed E-state index contributed by atoms with van der Waals surface area (Å²) in [5, 5.41) is 14.4. The lowest BCUT2D eigenvalue weighted by atomic mass is 10.0. The predicted octanol–water partition coefficient (Wildman–Crippen LogP) is 4.36. The predicted molar refractivity (Wildman–Crippen MR) is 159 cm³/mol. The van der Waals surface area contributed by atoms with Crippen LogP contribution in [0, 0.1) is 22.9 Å². The number of nitrogens with zero attached hydrogens (tertiary/aromatic N) is 3. The van der Waals surface area contributed by atoms with Gasteiger partial charge in [-0.1, -0.05) is 48.5 Å². The lowest BCUT2D eigenvalue weighted by molar-refractivity contribution is -0.384. The Bertz CT molecular complexity index is 1540. The molecule has 0 spiro atoms. The van der Waals surface area contributed by atoms with E-state index in [4.69, 9.17) is 0 Å². The van der Waals surface area contributed by atoms with Crippen LogP contribution in [0.15, 0.2) is 72.8 Å². The average Bonchev–Trinajstić information content (AvgIpc) is 2.89. The molecule has 12 heteroatoms. The van der Waals surface area contributed by atoms with Gasteiger partial charge in [0.1, 0.15) is 18.4 Å². The number of benzene rings is 3. The topological polar surface area (TPSA) is 130 Å². The number of anilines is 1. The molecule has 10 nitrogen and oxygen atoms in total. The van der Waals surface area contributed by atoms with Gasteiger partial charge in [-0.15, -0.1) is 0 Å². The molecule has 0 aliphatic rings. The van der Waals surface area contributed by atoms with Gasteiger partial charge in [-0.25, -0.2) is 12.8 Å². The molecule has 0 bridgehead atoms. The van der Waals surface area contributed by atoms with Gasteiger partial charge in [0, 0.05) is 30.6 Å². The molecule has 0 heterocycles. The minimum atomic E-state index is -4.11. The molecule has 3 rings (SSSR count). The van der Waals surface area contributed by atoms with Crippen molar-refractivity contribution in [1.82, 2.24) is 10.2 Å². The number of hydrogen-bond acceptors (Lipinski definition) is 6. The molecule has 1 N–H and O–H groups in total. The second-order valence-electron chi connectivity index (χ2n) is 11.1. The Morgan fingerprint density at radius 1 is 1.00 bits per heavy atom. The van der Waals surface area contributed by atoms with Crippen LogP contribution in [-0.4, -0.2) is 54.4 Å². The normalized spacial score (nSPS) is 12.3. The summed E-state index contributed by atoms with van der Waals surface area (Å²) < 4.78 is 40.4. The van der Waals surface area contributed by atoms with Crippen LogP contribution < -0.4 is 9.62 Å². The van der Waals surface area contributed by atoms with Crippen LogP contribution in [0.4, 0.5) is 15.8 Å². The monoisotopic (exact) mass is 598 g/mol. The smallest absolute Gasteiger partial charge is 0.271 e. The van der Waals surface area contributed by atoms with Crippen molar-refractivity contribution in [2.24, 2.45) is 0 Å². The van der Waals surface area contributed by atoms with E-state index in [2.05, 4.69) is 5.32 Å². The van der Waals surface area contributed by atoms with Gasteiger partial charge in [0.15, 0.2) is 0 Å². The number of halogens is 1. The highest BCUT2D eigenvalue weighted by molar-refractivity contribution is 7.92. The third-order valence-electron chi connectivity index (χ3n) is 6.39. The number of hydrogen-bond donors (Lipinski definition) is 1.